The summed E-state index contributed by atoms with van der Waals surface area (Å²) in [5.74, 6) is 0. The Morgan fingerprint density at radius 1 is 0.952 bits per heavy atom. The van der Waals surface area contributed by atoms with Crippen LogP contribution in [0.5, 0.6) is 0 Å². The van der Waals surface area contributed by atoms with E-state index in [-0.39, 0.29) is 6.10 Å². The topological polar surface area (TPSA) is 20.2 Å². The van der Waals surface area contributed by atoms with Gasteiger partial charge in [-0.3, -0.25) is 0 Å². The fourth-order valence-corrected chi connectivity index (χ4v) is 3.21. The normalized spacial score (nSPS) is 15.0. The molecule has 1 aliphatic rings. The fourth-order valence-electron chi connectivity index (χ4n) is 3.21. The molecule has 0 heterocycles. The van der Waals surface area contributed by atoms with Crippen molar-refractivity contribution in [3.63, 3.8) is 0 Å². The Kier molecular flexibility index (Phi) is 4.40. The van der Waals surface area contributed by atoms with Gasteiger partial charge in [0.25, 0.3) is 0 Å². The van der Waals surface area contributed by atoms with Gasteiger partial charge in [0.05, 0.1) is 6.10 Å². The third-order valence-corrected chi connectivity index (χ3v) is 4.52. The zero-order valence-electron chi connectivity index (χ0n) is 12.8. The molecule has 0 spiro atoms. The molecule has 1 heteroatoms. The highest BCUT2D eigenvalue weighted by molar-refractivity contribution is 5.35. The number of hydrogen-bond donors (Lipinski definition) is 1. The molecule has 3 rings (SSSR count). The van der Waals surface area contributed by atoms with Crippen molar-refractivity contribution in [1.29, 1.82) is 0 Å². The standard InChI is InChI=1S/C20H24O/c1-15-5-7-16(8-6-15)10-12-20(21)14-17-9-11-18-3-2-4-19(18)13-17/h5-9,11,13,20-21H,2-4,10,12,14H2,1H3. The second-order valence-corrected chi connectivity index (χ2v) is 6.34. The molecule has 1 nitrogen and oxygen atoms in total. The number of rotatable bonds is 5. The van der Waals surface area contributed by atoms with Gasteiger partial charge in [0.2, 0.25) is 0 Å². The average molecular weight is 280 g/mol. The zero-order valence-corrected chi connectivity index (χ0v) is 12.8. The molecule has 0 fully saturated rings. The Morgan fingerprint density at radius 2 is 1.67 bits per heavy atom. The molecule has 0 bridgehead atoms. The quantitative estimate of drug-likeness (QED) is 0.877. The van der Waals surface area contributed by atoms with E-state index in [1.807, 2.05) is 0 Å². The summed E-state index contributed by atoms with van der Waals surface area (Å²) < 4.78 is 0. The lowest BCUT2D eigenvalue weighted by Crippen LogP contribution is -2.12. The van der Waals surface area contributed by atoms with Crippen molar-refractivity contribution in [1.82, 2.24) is 0 Å². The van der Waals surface area contributed by atoms with Gasteiger partial charge in [-0.1, -0.05) is 48.0 Å². The second-order valence-electron chi connectivity index (χ2n) is 6.34. The molecular weight excluding hydrogens is 256 g/mol. The Labute approximate surface area is 127 Å². The largest absolute Gasteiger partial charge is 0.393 e. The summed E-state index contributed by atoms with van der Waals surface area (Å²) in [5, 5.41) is 10.3. The van der Waals surface area contributed by atoms with E-state index in [9.17, 15) is 5.11 Å². The minimum Gasteiger partial charge on any atom is -0.393 e. The molecule has 0 aliphatic heterocycles. The van der Waals surface area contributed by atoms with Crippen LogP contribution in [-0.2, 0) is 25.7 Å². The first-order valence-corrected chi connectivity index (χ1v) is 8.05. The van der Waals surface area contributed by atoms with Crippen molar-refractivity contribution in [3.8, 4) is 0 Å². The lowest BCUT2D eigenvalue weighted by Gasteiger charge is -2.12. The molecule has 0 amide bonds. The van der Waals surface area contributed by atoms with Crippen LogP contribution >= 0.6 is 0 Å². The van der Waals surface area contributed by atoms with Crippen molar-refractivity contribution >= 4 is 0 Å². The predicted molar refractivity (Wildman–Crippen MR) is 87.7 cm³/mol. The lowest BCUT2D eigenvalue weighted by molar-refractivity contribution is 0.165. The van der Waals surface area contributed by atoms with Crippen LogP contribution in [0, 0.1) is 6.92 Å². The predicted octanol–water partition coefficient (Wildman–Crippen LogP) is 4.02. The second kappa shape index (κ2) is 6.44. The molecule has 0 saturated carbocycles. The Bertz CT molecular complexity index is 598. The molecular formula is C20H24O. The van der Waals surface area contributed by atoms with Crippen molar-refractivity contribution in [2.75, 3.05) is 0 Å². The summed E-state index contributed by atoms with van der Waals surface area (Å²) in [4.78, 5) is 0. The van der Waals surface area contributed by atoms with Crippen molar-refractivity contribution < 1.29 is 5.11 Å². The van der Waals surface area contributed by atoms with Gasteiger partial charge in [0, 0.05) is 0 Å². The van der Waals surface area contributed by atoms with Gasteiger partial charge in [-0.25, -0.2) is 0 Å². The highest BCUT2D eigenvalue weighted by Gasteiger charge is 2.12. The monoisotopic (exact) mass is 280 g/mol. The van der Waals surface area contributed by atoms with Gasteiger partial charge < -0.3 is 5.11 Å². The van der Waals surface area contributed by atoms with Crippen molar-refractivity contribution in [2.24, 2.45) is 0 Å². The Balaban J connectivity index is 1.54. The minimum atomic E-state index is -0.245. The molecule has 0 aromatic heterocycles. The maximum Gasteiger partial charge on any atom is 0.0583 e. The van der Waals surface area contributed by atoms with Crippen LogP contribution in [0.2, 0.25) is 0 Å². The van der Waals surface area contributed by atoms with Crippen LogP contribution in [-0.4, -0.2) is 11.2 Å². The van der Waals surface area contributed by atoms with Gasteiger partial charge in [-0.15, -0.1) is 0 Å². The van der Waals surface area contributed by atoms with E-state index in [0.29, 0.717) is 0 Å². The van der Waals surface area contributed by atoms with E-state index in [4.69, 9.17) is 0 Å². The minimum absolute atomic E-state index is 0.245. The van der Waals surface area contributed by atoms with Gasteiger partial charge in [0.15, 0.2) is 0 Å². The number of hydrogen-bond acceptors (Lipinski definition) is 1. The van der Waals surface area contributed by atoms with E-state index < -0.39 is 0 Å². The molecule has 1 atom stereocenters. The molecule has 1 aliphatic carbocycles. The molecule has 21 heavy (non-hydrogen) atoms. The summed E-state index contributed by atoms with van der Waals surface area (Å²) in [6, 6.07) is 15.4. The third kappa shape index (κ3) is 3.74. The smallest absolute Gasteiger partial charge is 0.0583 e. The van der Waals surface area contributed by atoms with Crippen LogP contribution in [0.3, 0.4) is 0 Å². The first kappa shape index (κ1) is 14.3. The van der Waals surface area contributed by atoms with E-state index in [1.165, 1.54) is 47.1 Å². The number of aliphatic hydroxyl groups is 1. The summed E-state index contributed by atoms with van der Waals surface area (Å²) in [6.45, 7) is 2.10. The summed E-state index contributed by atoms with van der Waals surface area (Å²) in [6.07, 6.45) is 6.04. The zero-order chi connectivity index (χ0) is 14.7. The summed E-state index contributed by atoms with van der Waals surface area (Å²) >= 11 is 0. The fraction of sp³-hybridized carbons (Fsp3) is 0.400. The van der Waals surface area contributed by atoms with Crippen LogP contribution in [0.15, 0.2) is 42.5 Å². The van der Waals surface area contributed by atoms with Crippen LogP contribution in [0.4, 0.5) is 0 Å². The van der Waals surface area contributed by atoms with E-state index >= 15 is 0 Å². The average Bonchev–Trinajstić information content (AvgIpc) is 2.94. The van der Waals surface area contributed by atoms with Gasteiger partial charge in [-0.2, -0.15) is 0 Å². The Morgan fingerprint density at radius 3 is 2.48 bits per heavy atom. The first-order valence-electron chi connectivity index (χ1n) is 8.05. The van der Waals surface area contributed by atoms with Gasteiger partial charge in [-0.05, 0) is 67.7 Å². The molecule has 1 N–H and O–H groups in total. The van der Waals surface area contributed by atoms with E-state index in [0.717, 1.165) is 19.3 Å². The van der Waals surface area contributed by atoms with E-state index in [2.05, 4.69) is 49.4 Å². The van der Waals surface area contributed by atoms with Crippen molar-refractivity contribution in [2.45, 2.75) is 51.6 Å². The number of aryl methyl sites for hydroxylation is 4. The SMILES string of the molecule is Cc1ccc(CCC(O)Cc2ccc3c(c2)CCC3)cc1. The van der Waals surface area contributed by atoms with Crippen LogP contribution in [0.1, 0.15) is 40.7 Å². The summed E-state index contributed by atoms with van der Waals surface area (Å²) in [5.41, 5.74) is 6.89. The highest BCUT2D eigenvalue weighted by Crippen LogP contribution is 2.23. The van der Waals surface area contributed by atoms with Gasteiger partial charge >= 0.3 is 0 Å². The number of benzene rings is 2. The van der Waals surface area contributed by atoms with Crippen molar-refractivity contribution in [3.05, 3.63) is 70.3 Å². The Hall–Kier alpha value is -1.60. The molecule has 0 radical (unpaired) electrons. The lowest BCUT2D eigenvalue weighted by atomic mass is 9.98. The molecule has 0 saturated heterocycles. The molecule has 2 aromatic rings. The number of aliphatic hydroxyl groups excluding tert-OH is 1. The number of fused-ring (bicyclic) bond motifs is 1. The first-order chi connectivity index (χ1) is 10.2. The van der Waals surface area contributed by atoms with Gasteiger partial charge in [0.1, 0.15) is 0 Å². The maximum atomic E-state index is 10.3. The molecule has 2 aromatic carbocycles. The summed E-state index contributed by atoms with van der Waals surface area (Å²) in [7, 11) is 0. The van der Waals surface area contributed by atoms with E-state index in [1.54, 1.807) is 0 Å². The van der Waals surface area contributed by atoms with Crippen LogP contribution in [0.25, 0.3) is 0 Å². The maximum absolute atomic E-state index is 10.3. The third-order valence-electron chi connectivity index (χ3n) is 4.52. The molecule has 110 valence electrons. The molecule has 1 unspecified atom stereocenters. The highest BCUT2D eigenvalue weighted by atomic mass is 16.3. The van der Waals surface area contributed by atoms with Crippen LogP contribution < -0.4 is 0 Å².